The maximum absolute atomic E-state index is 12.0. The molecule has 1 aromatic carbocycles. The van der Waals surface area contributed by atoms with E-state index in [4.69, 9.17) is 9.84 Å². The molecule has 1 amide bonds. The first kappa shape index (κ1) is 18.0. The Morgan fingerprint density at radius 3 is 2.41 bits per heavy atom. The summed E-state index contributed by atoms with van der Waals surface area (Å²) in [4.78, 5) is 23.1. The van der Waals surface area contributed by atoms with Crippen molar-refractivity contribution in [2.24, 2.45) is 5.92 Å². The number of carbonyl (C=O) groups excluding carboxylic acids is 1. The second-order valence-electron chi connectivity index (χ2n) is 6.76. The molecular weight excluding hydrogens is 282 g/mol. The van der Waals surface area contributed by atoms with E-state index in [1.54, 1.807) is 32.9 Å². The molecule has 0 saturated carbocycles. The highest BCUT2D eigenvalue weighted by molar-refractivity contribution is 5.87. The van der Waals surface area contributed by atoms with Gasteiger partial charge in [-0.15, -0.1) is 0 Å². The van der Waals surface area contributed by atoms with Gasteiger partial charge in [0.25, 0.3) is 0 Å². The number of alkyl carbamates (subject to hydrolysis) is 1. The van der Waals surface area contributed by atoms with Crippen LogP contribution in [0.5, 0.6) is 0 Å². The Kier molecular flexibility index (Phi) is 5.97. The normalized spacial score (nSPS) is 12.8. The lowest BCUT2D eigenvalue weighted by Crippen LogP contribution is -2.35. The number of carbonyl (C=O) groups is 2. The van der Waals surface area contributed by atoms with Crippen molar-refractivity contribution in [2.45, 2.75) is 52.7 Å². The highest BCUT2D eigenvalue weighted by Gasteiger charge is 2.21. The Balaban J connectivity index is 2.95. The number of ether oxygens (including phenoxy) is 1. The number of carboxylic acids is 1. The Hall–Kier alpha value is -2.04. The lowest BCUT2D eigenvalue weighted by molar-refractivity contribution is 0.0497. The van der Waals surface area contributed by atoms with Crippen LogP contribution in [0.2, 0.25) is 0 Å². The molecule has 1 rings (SSSR count). The third-order valence-corrected chi connectivity index (χ3v) is 2.93. The molecule has 0 aromatic heterocycles. The summed E-state index contributed by atoms with van der Waals surface area (Å²) in [6.45, 7) is 9.49. The predicted molar refractivity (Wildman–Crippen MR) is 85.0 cm³/mol. The molecule has 1 atom stereocenters. The zero-order valence-corrected chi connectivity index (χ0v) is 13.8. The standard InChI is InChI=1S/C17H25NO4/c1-11(2)9-14(18-16(21)22-17(3,4)5)12-7-6-8-13(10-12)15(19)20/h6-8,10-11,14H,9H2,1-5H3,(H,18,21)(H,19,20)/t14-/m0/s1. The first-order valence-corrected chi connectivity index (χ1v) is 7.41. The smallest absolute Gasteiger partial charge is 0.408 e. The fourth-order valence-corrected chi connectivity index (χ4v) is 2.09. The van der Waals surface area contributed by atoms with E-state index in [0.717, 1.165) is 5.56 Å². The van der Waals surface area contributed by atoms with Crippen LogP contribution in [-0.4, -0.2) is 22.8 Å². The first-order valence-electron chi connectivity index (χ1n) is 7.41. The average Bonchev–Trinajstić information content (AvgIpc) is 2.35. The number of hydrogen-bond donors (Lipinski definition) is 2. The summed E-state index contributed by atoms with van der Waals surface area (Å²) in [6, 6.07) is 6.34. The van der Waals surface area contributed by atoms with Crippen molar-refractivity contribution >= 4 is 12.1 Å². The topological polar surface area (TPSA) is 75.6 Å². The molecule has 5 nitrogen and oxygen atoms in total. The fraction of sp³-hybridized carbons (Fsp3) is 0.529. The Labute approximate surface area is 131 Å². The van der Waals surface area contributed by atoms with Crippen LogP contribution in [0.15, 0.2) is 24.3 Å². The number of nitrogens with one attached hydrogen (secondary N) is 1. The minimum absolute atomic E-state index is 0.206. The van der Waals surface area contributed by atoms with Crippen molar-refractivity contribution in [1.82, 2.24) is 5.32 Å². The van der Waals surface area contributed by atoms with Crippen molar-refractivity contribution in [3.05, 3.63) is 35.4 Å². The zero-order valence-electron chi connectivity index (χ0n) is 13.8. The third-order valence-electron chi connectivity index (χ3n) is 2.93. The molecule has 0 spiro atoms. The van der Waals surface area contributed by atoms with E-state index in [2.05, 4.69) is 5.32 Å². The number of rotatable bonds is 5. The number of hydrogen-bond acceptors (Lipinski definition) is 3. The first-order chi connectivity index (χ1) is 10.1. The van der Waals surface area contributed by atoms with Gasteiger partial charge < -0.3 is 15.2 Å². The molecule has 22 heavy (non-hydrogen) atoms. The summed E-state index contributed by atoms with van der Waals surface area (Å²) in [5.74, 6) is -0.643. The van der Waals surface area contributed by atoms with Gasteiger partial charge in [0.15, 0.2) is 0 Å². The van der Waals surface area contributed by atoms with Gasteiger partial charge in [0.2, 0.25) is 0 Å². The monoisotopic (exact) mass is 307 g/mol. The van der Waals surface area contributed by atoms with Crippen LogP contribution in [0, 0.1) is 5.92 Å². The molecule has 0 fully saturated rings. The molecule has 5 heteroatoms. The Morgan fingerprint density at radius 2 is 1.91 bits per heavy atom. The molecule has 2 N–H and O–H groups in total. The van der Waals surface area contributed by atoms with Gasteiger partial charge in [0.05, 0.1) is 11.6 Å². The third kappa shape index (κ3) is 6.16. The molecule has 1 aromatic rings. The molecule has 0 aliphatic rings. The van der Waals surface area contributed by atoms with Gasteiger partial charge in [0.1, 0.15) is 5.60 Å². The average molecular weight is 307 g/mol. The second kappa shape index (κ2) is 7.29. The molecule has 0 bridgehead atoms. The summed E-state index contributed by atoms with van der Waals surface area (Å²) in [5.41, 5.74) is 0.395. The Bertz CT molecular complexity index is 532. The number of amides is 1. The largest absolute Gasteiger partial charge is 0.478 e. The molecule has 0 heterocycles. The molecular formula is C17H25NO4. The quantitative estimate of drug-likeness (QED) is 0.862. The molecule has 0 saturated heterocycles. The molecule has 0 unspecified atom stereocenters. The molecule has 0 radical (unpaired) electrons. The number of carboxylic acid groups (broad SMARTS) is 1. The van der Waals surface area contributed by atoms with Crippen LogP contribution in [0.4, 0.5) is 4.79 Å². The summed E-state index contributed by atoms with van der Waals surface area (Å²) in [7, 11) is 0. The van der Waals surface area contributed by atoms with Gasteiger partial charge in [-0.05, 0) is 50.8 Å². The van der Waals surface area contributed by atoms with Gasteiger partial charge in [-0.3, -0.25) is 0 Å². The van der Waals surface area contributed by atoms with E-state index in [9.17, 15) is 9.59 Å². The molecule has 0 aliphatic heterocycles. The van der Waals surface area contributed by atoms with Gasteiger partial charge in [-0.2, -0.15) is 0 Å². The van der Waals surface area contributed by atoms with E-state index in [0.29, 0.717) is 12.3 Å². The minimum atomic E-state index is -0.984. The van der Waals surface area contributed by atoms with Gasteiger partial charge in [0, 0.05) is 0 Å². The Morgan fingerprint density at radius 1 is 1.27 bits per heavy atom. The minimum Gasteiger partial charge on any atom is -0.478 e. The highest BCUT2D eigenvalue weighted by Crippen LogP contribution is 2.23. The molecule has 0 aliphatic carbocycles. The van der Waals surface area contributed by atoms with E-state index in [1.165, 1.54) is 6.07 Å². The zero-order chi connectivity index (χ0) is 16.9. The van der Waals surface area contributed by atoms with E-state index >= 15 is 0 Å². The SMILES string of the molecule is CC(C)C[C@H](NC(=O)OC(C)(C)C)c1cccc(C(=O)O)c1. The predicted octanol–water partition coefficient (Wildman–Crippen LogP) is 4.00. The van der Waals surface area contributed by atoms with Crippen LogP contribution in [0.25, 0.3) is 0 Å². The second-order valence-corrected chi connectivity index (χ2v) is 6.76. The number of aromatic carboxylic acids is 1. The van der Waals surface area contributed by atoms with Crippen LogP contribution < -0.4 is 5.32 Å². The maximum Gasteiger partial charge on any atom is 0.408 e. The van der Waals surface area contributed by atoms with Gasteiger partial charge in [-0.1, -0.05) is 26.0 Å². The fourth-order valence-electron chi connectivity index (χ4n) is 2.09. The summed E-state index contributed by atoms with van der Waals surface area (Å²) in [6.07, 6.45) is 0.196. The lowest BCUT2D eigenvalue weighted by Gasteiger charge is -2.25. The van der Waals surface area contributed by atoms with Crippen molar-refractivity contribution in [1.29, 1.82) is 0 Å². The lowest BCUT2D eigenvalue weighted by atomic mass is 9.96. The summed E-state index contributed by atoms with van der Waals surface area (Å²) in [5, 5.41) is 11.9. The van der Waals surface area contributed by atoms with Crippen molar-refractivity contribution < 1.29 is 19.4 Å². The highest BCUT2D eigenvalue weighted by atomic mass is 16.6. The van der Waals surface area contributed by atoms with Crippen molar-refractivity contribution in [3.63, 3.8) is 0 Å². The number of benzene rings is 1. The van der Waals surface area contributed by atoms with Crippen LogP contribution >= 0.6 is 0 Å². The van der Waals surface area contributed by atoms with Crippen molar-refractivity contribution in [3.8, 4) is 0 Å². The van der Waals surface area contributed by atoms with Gasteiger partial charge >= 0.3 is 12.1 Å². The van der Waals surface area contributed by atoms with Crippen LogP contribution in [0.3, 0.4) is 0 Å². The summed E-state index contributed by atoms with van der Waals surface area (Å²) >= 11 is 0. The van der Waals surface area contributed by atoms with E-state index in [-0.39, 0.29) is 11.6 Å². The van der Waals surface area contributed by atoms with E-state index in [1.807, 2.05) is 19.9 Å². The van der Waals surface area contributed by atoms with Crippen LogP contribution in [0.1, 0.15) is 63.0 Å². The summed E-state index contributed by atoms with van der Waals surface area (Å²) < 4.78 is 5.28. The van der Waals surface area contributed by atoms with Crippen LogP contribution in [-0.2, 0) is 4.74 Å². The van der Waals surface area contributed by atoms with Crippen molar-refractivity contribution in [2.75, 3.05) is 0 Å². The van der Waals surface area contributed by atoms with E-state index < -0.39 is 17.7 Å². The molecule has 122 valence electrons. The van der Waals surface area contributed by atoms with Gasteiger partial charge in [-0.25, -0.2) is 9.59 Å². The maximum atomic E-state index is 12.0.